The molecule has 0 aromatic carbocycles. The van der Waals surface area contributed by atoms with Gasteiger partial charge in [0.25, 0.3) is 5.91 Å². The lowest BCUT2D eigenvalue weighted by Crippen LogP contribution is -2.62. The monoisotopic (exact) mass is 415 g/mol. The van der Waals surface area contributed by atoms with Crippen LogP contribution in [0.4, 0.5) is 0 Å². The Morgan fingerprint density at radius 2 is 1.80 bits per heavy atom. The van der Waals surface area contributed by atoms with Gasteiger partial charge in [0.15, 0.2) is 0 Å². The van der Waals surface area contributed by atoms with Crippen LogP contribution in [0.15, 0.2) is 6.20 Å². The van der Waals surface area contributed by atoms with Crippen LogP contribution in [-0.4, -0.2) is 51.5 Å². The summed E-state index contributed by atoms with van der Waals surface area (Å²) >= 11 is 0. The summed E-state index contributed by atoms with van der Waals surface area (Å²) in [5.41, 5.74) is -0.216. The number of aliphatic hydroxyl groups is 1. The van der Waals surface area contributed by atoms with E-state index in [1.54, 1.807) is 15.8 Å². The fourth-order valence-electron chi connectivity index (χ4n) is 7.21. The molecule has 1 aromatic rings. The van der Waals surface area contributed by atoms with Crippen LogP contribution in [0.25, 0.3) is 0 Å². The fourth-order valence-corrected chi connectivity index (χ4v) is 7.21. The molecule has 0 radical (unpaired) electrons. The summed E-state index contributed by atoms with van der Waals surface area (Å²) in [7, 11) is 3.65. The first kappa shape index (κ1) is 20.3. The molecule has 1 heterocycles. The third kappa shape index (κ3) is 3.55. The van der Waals surface area contributed by atoms with Crippen LogP contribution in [0.5, 0.6) is 5.88 Å². The van der Waals surface area contributed by atoms with E-state index in [1.807, 2.05) is 14.1 Å². The van der Waals surface area contributed by atoms with E-state index in [0.717, 1.165) is 37.5 Å². The van der Waals surface area contributed by atoms with Crippen molar-refractivity contribution >= 4 is 5.91 Å². The Balaban J connectivity index is 1.27. The summed E-state index contributed by atoms with van der Waals surface area (Å²) in [5.74, 6) is 3.33. The van der Waals surface area contributed by atoms with Gasteiger partial charge in [-0.05, 0) is 74.5 Å². The maximum atomic E-state index is 13.3. The van der Waals surface area contributed by atoms with Gasteiger partial charge >= 0.3 is 0 Å². The highest BCUT2D eigenvalue weighted by molar-refractivity contribution is 5.96. The van der Waals surface area contributed by atoms with E-state index < -0.39 is 5.60 Å². The van der Waals surface area contributed by atoms with Gasteiger partial charge in [-0.3, -0.25) is 4.79 Å². The molecular formula is C24H37N3O3. The van der Waals surface area contributed by atoms with Crippen molar-refractivity contribution in [1.82, 2.24) is 14.7 Å². The lowest BCUT2D eigenvalue weighted by Gasteiger charge is -2.59. The maximum Gasteiger partial charge on any atom is 0.260 e. The van der Waals surface area contributed by atoms with Crippen molar-refractivity contribution < 1.29 is 14.6 Å². The van der Waals surface area contributed by atoms with Crippen molar-refractivity contribution in [1.29, 1.82) is 0 Å². The van der Waals surface area contributed by atoms with Gasteiger partial charge in [-0.25, -0.2) is 4.68 Å². The topological polar surface area (TPSA) is 67.6 Å². The molecule has 30 heavy (non-hydrogen) atoms. The van der Waals surface area contributed by atoms with Crippen molar-refractivity contribution in [3.05, 3.63) is 11.8 Å². The SMILES string of the molecule is CN(CC1(O)C2CC3CC(C2)CC1C3)C(=O)c1cnn(C)c1OCC1CCCCC1. The van der Waals surface area contributed by atoms with Crippen molar-refractivity contribution in [2.24, 2.45) is 36.6 Å². The molecule has 4 bridgehead atoms. The highest BCUT2D eigenvalue weighted by atomic mass is 16.5. The first-order valence-corrected chi connectivity index (χ1v) is 12.1. The zero-order chi connectivity index (χ0) is 20.9. The number of carbonyl (C=O) groups excluding carboxylic acids is 1. The average molecular weight is 416 g/mol. The summed E-state index contributed by atoms with van der Waals surface area (Å²) in [6.45, 7) is 1.07. The number of carbonyl (C=O) groups is 1. The molecule has 6 nitrogen and oxygen atoms in total. The van der Waals surface area contributed by atoms with Crippen LogP contribution in [0.3, 0.4) is 0 Å². The van der Waals surface area contributed by atoms with Gasteiger partial charge < -0.3 is 14.7 Å². The van der Waals surface area contributed by atoms with E-state index >= 15 is 0 Å². The lowest BCUT2D eigenvalue weighted by atomic mass is 9.50. The van der Waals surface area contributed by atoms with Crippen LogP contribution in [0.1, 0.15) is 74.6 Å². The molecule has 5 aliphatic rings. The molecule has 166 valence electrons. The minimum atomic E-state index is -0.733. The predicted molar refractivity (Wildman–Crippen MR) is 114 cm³/mol. The van der Waals surface area contributed by atoms with E-state index in [1.165, 1.54) is 38.5 Å². The van der Waals surface area contributed by atoms with E-state index in [4.69, 9.17) is 4.74 Å². The van der Waals surface area contributed by atoms with E-state index in [0.29, 0.717) is 42.3 Å². The molecular weight excluding hydrogens is 378 g/mol. The third-order valence-corrected chi connectivity index (χ3v) is 8.68. The zero-order valence-electron chi connectivity index (χ0n) is 18.6. The molecule has 5 fully saturated rings. The molecule has 5 aliphatic carbocycles. The normalized spacial score (nSPS) is 35.6. The zero-order valence-corrected chi connectivity index (χ0v) is 18.6. The van der Waals surface area contributed by atoms with Crippen LogP contribution in [0.2, 0.25) is 0 Å². The number of aromatic nitrogens is 2. The van der Waals surface area contributed by atoms with E-state index in [-0.39, 0.29) is 5.91 Å². The summed E-state index contributed by atoms with van der Waals surface area (Å²) in [4.78, 5) is 15.0. The standard InChI is InChI=1S/C24H37N3O3/c1-26(15-24(29)19-9-17-8-18(11-19)12-20(24)10-17)22(28)21-13-25-27(2)23(21)30-14-16-6-4-3-5-7-16/h13,16-20,29H,3-12,14-15H2,1-2H3. The minimum absolute atomic E-state index is 0.0935. The van der Waals surface area contributed by atoms with Gasteiger partial charge in [0.1, 0.15) is 5.56 Å². The molecule has 0 saturated heterocycles. The van der Waals surface area contributed by atoms with Gasteiger partial charge in [-0.15, -0.1) is 0 Å². The van der Waals surface area contributed by atoms with Gasteiger partial charge in [-0.1, -0.05) is 19.3 Å². The molecule has 6 rings (SSSR count). The second-order valence-electron chi connectivity index (χ2n) is 10.8. The van der Waals surface area contributed by atoms with Crippen LogP contribution >= 0.6 is 0 Å². The van der Waals surface area contributed by atoms with Crippen molar-refractivity contribution in [3.63, 3.8) is 0 Å². The van der Waals surface area contributed by atoms with Crippen LogP contribution in [-0.2, 0) is 7.05 Å². The molecule has 1 aromatic heterocycles. The predicted octanol–water partition coefficient (Wildman–Crippen LogP) is 3.64. The quantitative estimate of drug-likeness (QED) is 0.770. The molecule has 6 heteroatoms. The van der Waals surface area contributed by atoms with Gasteiger partial charge in [0.2, 0.25) is 5.88 Å². The number of nitrogens with zero attached hydrogens (tertiary/aromatic N) is 3. The second-order valence-corrected chi connectivity index (χ2v) is 10.8. The molecule has 0 aliphatic heterocycles. The van der Waals surface area contributed by atoms with Crippen LogP contribution < -0.4 is 4.74 Å². The first-order chi connectivity index (χ1) is 14.4. The Labute approximate surface area is 180 Å². The Hall–Kier alpha value is -1.56. The van der Waals surface area contributed by atoms with Gasteiger partial charge in [-0.2, -0.15) is 5.10 Å². The maximum absolute atomic E-state index is 13.3. The van der Waals surface area contributed by atoms with Crippen molar-refractivity contribution in [2.75, 3.05) is 20.2 Å². The molecule has 0 atom stereocenters. The number of amides is 1. The van der Waals surface area contributed by atoms with Crippen molar-refractivity contribution in [2.45, 2.75) is 69.8 Å². The van der Waals surface area contributed by atoms with E-state index in [9.17, 15) is 9.90 Å². The number of hydrogen-bond donors (Lipinski definition) is 1. The largest absolute Gasteiger partial charge is 0.477 e. The minimum Gasteiger partial charge on any atom is -0.477 e. The first-order valence-electron chi connectivity index (χ1n) is 12.1. The van der Waals surface area contributed by atoms with Crippen LogP contribution in [0, 0.1) is 29.6 Å². The summed E-state index contributed by atoms with van der Waals surface area (Å²) in [6.07, 6.45) is 13.8. The molecule has 1 amide bonds. The average Bonchev–Trinajstić information content (AvgIpc) is 3.10. The number of hydrogen-bond acceptors (Lipinski definition) is 4. The molecule has 0 unspecified atom stereocenters. The fraction of sp³-hybridized carbons (Fsp3) is 0.833. The summed E-state index contributed by atoms with van der Waals surface area (Å²) in [6, 6.07) is 0. The number of likely N-dealkylation sites (N-methyl/N-ethyl adjacent to an activating group) is 1. The van der Waals surface area contributed by atoms with Gasteiger partial charge in [0.05, 0.1) is 18.4 Å². The lowest BCUT2D eigenvalue weighted by molar-refractivity contribution is -0.177. The number of ether oxygens (including phenoxy) is 1. The number of aryl methyl sites for hydroxylation is 1. The Bertz CT molecular complexity index is 755. The number of rotatable bonds is 6. The Morgan fingerprint density at radius 3 is 2.43 bits per heavy atom. The van der Waals surface area contributed by atoms with E-state index in [2.05, 4.69) is 5.10 Å². The van der Waals surface area contributed by atoms with Crippen molar-refractivity contribution in [3.8, 4) is 5.88 Å². The Kier molecular flexibility index (Phi) is 5.32. The third-order valence-electron chi connectivity index (χ3n) is 8.68. The van der Waals surface area contributed by atoms with Gasteiger partial charge in [0, 0.05) is 20.6 Å². The molecule has 1 N–H and O–H groups in total. The Morgan fingerprint density at radius 1 is 1.17 bits per heavy atom. The smallest absolute Gasteiger partial charge is 0.260 e. The summed E-state index contributed by atoms with van der Waals surface area (Å²) < 4.78 is 7.79. The molecule has 0 spiro atoms. The summed E-state index contributed by atoms with van der Waals surface area (Å²) in [5, 5.41) is 16.0. The molecule has 5 saturated carbocycles. The second kappa shape index (κ2) is 7.85. The highest BCUT2D eigenvalue weighted by Crippen LogP contribution is 2.58. The highest BCUT2D eigenvalue weighted by Gasteiger charge is 2.57.